The third-order valence-electron chi connectivity index (χ3n) is 10.3. The minimum Gasteiger partial charge on any atom is -0.394 e. The van der Waals surface area contributed by atoms with E-state index in [2.05, 4.69) is 31.3 Å². The van der Waals surface area contributed by atoms with Gasteiger partial charge in [-0.05, 0) is 44.9 Å². The first-order valence-electron chi connectivity index (χ1n) is 21.6. The Morgan fingerprint density at radius 2 is 1.08 bits per heavy atom. The van der Waals surface area contributed by atoms with Gasteiger partial charge in [0.25, 0.3) is 0 Å². The molecule has 0 saturated carbocycles. The van der Waals surface area contributed by atoms with Crippen molar-refractivity contribution in [1.29, 1.82) is 0 Å². The van der Waals surface area contributed by atoms with Crippen molar-refractivity contribution in [1.82, 2.24) is 5.32 Å². The van der Waals surface area contributed by atoms with Gasteiger partial charge in [-0.25, -0.2) is 0 Å². The van der Waals surface area contributed by atoms with Gasteiger partial charge in [-0.1, -0.05) is 160 Å². The average molecular weight is 740 g/mol. The third-order valence-corrected chi connectivity index (χ3v) is 10.3. The van der Waals surface area contributed by atoms with Crippen molar-refractivity contribution in [3.63, 3.8) is 0 Å². The molecule has 7 atom stereocenters. The number of carbonyl (C=O) groups excluding carboxylic acids is 1. The van der Waals surface area contributed by atoms with Crippen LogP contribution in [0.5, 0.6) is 0 Å². The zero-order valence-electron chi connectivity index (χ0n) is 33.3. The fourth-order valence-corrected chi connectivity index (χ4v) is 6.74. The first-order valence-corrected chi connectivity index (χ1v) is 21.6. The number of allylic oxidation sites excluding steroid dienone is 3. The van der Waals surface area contributed by atoms with E-state index in [1.165, 1.54) is 109 Å². The predicted molar refractivity (Wildman–Crippen MR) is 212 cm³/mol. The molecule has 9 nitrogen and oxygen atoms in total. The molecule has 1 amide bonds. The van der Waals surface area contributed by atoms with Crippen LogP contribution in [0.2, 0.25) is 0 Å². The molecule has 52 heavy (non-hydrogen) atoms. The SMILES string of the molecule is CCCCCCCC/C=C/CCCCCCCC(=O)N[C@@H](CO[C@H]1O[C@@H](CO)[C@H](O)C(O)C1O)[C@H](O)/C=C/CCCCCCCCCCCCCC. The molecule has 0 aliphatic carbocycles. The molecule has 0 aromatic rings. The van der Waals surface area contributed by atoms with Crippen molar-refractivity contribution in [3.05, 3.63) is 24.3 Å². The standard InChI is InChI=1S/C43H81NO8/c1-3-5-7-9-11-13-15-17-19-21-23-25-27-29-31-33-39(47)44-36(35-51-43-42(50)41(49)40(48)38(34-45)52-43)37(46)32-30-28-26-24-22-20-18-16-14-12-10-8-6-4-2/h17,19,30,32,36-38,40-43,45-46,48-50H,3-16,18,20-29,31,33-35H2,1-2H3,(H,44,47)/b19-17+,32-30+/t36-,37+,38-,40-,41?,42?,43-/m0/s1. The molecule has 6 N–H and O–H groups in total. The van der Waals surface area contributed by atoms with E-state index in [1.54, 1.807) is 6.08 Å². The quantitative estimate of drug-likeness (QED) is 0.0281. The Bertz CT molecular complexity index is 868. The summed E-state index contributed by atoms with van der Waals surface area (Å²) in [7, 11) is 0. The number of carbonyl (C=O) groups is 1. The largest absolute Gasteiger partial charge is 0.394 e. The molecule has 1 fully saturated rings. The molecule has 1 rings (SSSR count). The number of aliphatic hydroxyl groups excluding tert-OH is 5. The summed E-state index contributed by atoms with van der Waals surface area (Å²) in [5, 5.41) is 54.0. The second-order valence-corrected chi connectivity index (χ2v) is 15.1. The van der Waals surface area contributed by atoms with E-state index >= 15 is 0 Å². The molecule has 1 aliphatic heterocycles. The zero-order valence-corrected chi connectivity index (χ0v) is 33.3. The Kier molecular flexibility index (Phi) is 32.0. The van der Waals surface area contributed by atoms with Gasteiger partial charge in [0.05, 0.1) is 25.4 Å². The van der Waals surface area contributed by atoms with Gasteiger partial charge in [0, 0.05) is 6.42 Å². The van der Waals surface area contributed by atoms with Crippen LogP contribution in [0.1, 0.15) is 187 Å². The molecule has 1 heterocycles. The van der Waals surface area contributed by atoms with Crippen LogP contribution in [0.3, 0.4) is 0 Å². The van der Waals surface area contributed by atoms with Gasteiger partial charge in [-0.3, -0.25) is 4.79 Å². The highest BCUT2D eigenvalue weighted by Crippen LogP contribution is 2.22. The van der Waals surface area contributed by atoms with Gasteiger partial charge >= 0.3 is 0 Å². The Morgan fingerprint density at radius 1 is 0.635 bits per heavy atom. The number of aliphatic hydroxyl groups is 5. The van der Waals surface area contributed by atoms with E-state index in [1.807, 2.05) is 6.08 Å². The highest BCUT2D eigenvalue weighted by atomic mass is 16.7. The summed E-state index contributed by atoms with van der Waals surface area (Å²) < 4.78 is 11.2. The predicted octanol–water partition coefficient (Wildman–Crippen LogP) is 8.33. The molecule has 0 aromatic carbocycles. The number of nitrogens with one attached hydrogen (secondary N) is 1. The fourth-order valence-electron chi connectivity index (χ4n) is 6.74. The van der Waals surface area contributed by atoms with E-state index in [4.69, 9.17) is 9.47 Å². The Labute approximate surface area is 318 Å². The van der Waals surface area contributed by atoms with Crippen molar-refractivity contribution in [2.75, 3.05) is 13.2 Å². The van der Waals surface area contributed by atoms with Crippen molar-refractivity contribution < 1.29 is 39.8 Å². The Balaban J connectivity index is 2.41. The monoisotopic (exact) mass is 740 g/mol. The summed E-state index contributed by atoms with van der Waals surface area (Å²) in [4.78, 5) is 12.9. The molecule has 0 spiro atoms. The smallest absolute Gasteiger partial charge is 0.220 e. The van der Waals surface area contributed by atoms with Gasteiger partial charge in [-0.15, -0.1) is 0 Å². The molecule has 1 aliphatic rings. The van der Waals surface area contributed by atoms with Gasteiger partial charge < -0.3 is 40.3 Å². The van der Waals surface area contributed by atoms with Crippen molar-refractivity contribution in [2.45, 2.75) is 230 Å². The van der Waals surface area contributed by atoms with E-state index in [9.17, 15) is 30.3 Å². The maximum absolute atomic E-state index is 12.9. The molecule has 9 heteroatoms. The van der Waals surface area contributed by atoms with Crippen LogP contribution in [0, 0.1) is 0 Å². The lowest BCUT2D eigenvalue weighted by Crippen LogP contribution is -2.60. The Hall–Kier alpha value is -1.33. The maximum Gasteiger partial charge on any atom is 0.220 e. The van der Waals surface area contributed by atoms with Crippen LogP contribution in [0.15, 0.2) is 24.3 Å². The molecular weight excluding hydrogens is 658 g/mol. The summed E-state index contributed by atoms with van der Waals surface area (Å²) in [6.07, 6.45) is 32.1. The third kappa shape index (κ3) is 24.9. The average Bonchev–Trinajstić information content (AvgIpc) is 3.14. The summed E-state index contributed by atoms with van der Waals surface area (Å²) in [5.74, 6) is -0.187. The summed E-state index contributed by atoms with van der Waals surface area (Å²) in [5.41, 5.74) is 0. The normalized spacial score (nSPS) is 22.0. The van der Waals surface area contributed by atoms with Crippen LogP contribution in [-0.2, 0) is 14.3 Å². The van der Waals surface area contributed by atoms with Crippen molar-refractivity contribution in [3.8, 4) is 0 Å². The number of hydrogen-bond acceptors (Lipinski definition) is 8. The molecule has 0 aromatic heterocycles. The minimum absolute atomic E-state index is 0.187. The number of unbranched alkanes of at least 4 members (excludes halogenated alkanes) is 23. The molecule has 2 unspecified atom stereocenters. The molecule has 306 valence electrons. The second-order valence-electron chi connectivity index (χ2n) is 15.1. The second kappa shape index (κ2) is 34.2. The first-order chi connectivity index (χ1) is 25.3. The molecule has 1 saturated heterocycles. The van der Waals surface area contributed by atoms with E-state index in [-0.39, 0.29) is 12.5 Å². The van der Waals surface area contributed by atoms with E-state index in [0.717, 1.165) is 57.8 Å². The Morgan fingerprint density at radius 3 is 1.56 bits per heavy atom. The minimum atomic E-state index is -1.56. The number of ether oxygens (including phenoxy) is 2. The number of hydrogen-bond donors (Lipinski definition) is 6. The van der Waals surface area contributed by atoms with Gasteiger partial charge in [-0.2, -0.15) is 0 Å². The lowest BCUT2D eigenvalue weighted by Gasteiger charge is -2.40. The highest BCUT2D eigenvalue weighted by Gasteiger charge is 2.44. The lowest BCUT2D eigenvalue weighted by atomic mass is 9.99. The topological polar surface area (TPSA) is 149 Å². The van der Waals surface area contributed by atoms with Crippen LogP contribution in [-0.4, -0.2) is 87.5 Å². The summed E-state index contributed by atoms with van der Waals surface area (Å²) in [6, 6.07) is -0.804. The van der Waals surface area contributed by atoms with Gasteiger partial charge in [0.1, 0.15) is 24.4 Å². The van der Waals surface area contributed by atoms with E-state index < -0.39 is 49.5 Å². The zero-order chi connectivity index (χ0) is 38.1. The summed E-state index contributed by atoms with van der Waals surface area (Å²) >= 11 is 0. The van der Waals surface area contributed by atoms with Crippen LogP contribution in [0.4, 0.5) is 0 Å². The number of rotatable bonds is 35. The molecule has 0 bridgehead atoms. The van der Waals surface area contributed by atoms with Crippen LogP contribution in [0.25, 0.3) is 0 Å². The first kappa shape index (κ1) is 48.7. The van der Waals surface area contributed by atoms with Crippen molar-refractivity contribution in [2.24, 2.45) is 0 Å². The van der Waals surface area contributed by atoms with Gasteiger partial charge in [0.15, 0.2) is 6.29 Å². The van der Waals surface area contributed by atoms with E-state index in [0.29, 0.717) is 6.42 Å². The summed E-state index contributed by atoms with van der Waals surface area (Å²) in [6.45, 7) is 3.75. The highest BCUT2D eigenvalue weighted by molar-refractivity contribution is 5.76. The molecule has 0 radical (unpaired) electrons. The maximum atomic E-state index is 12.9. The molecular formula is C43H81NO8. The lowest BCUT2D eigenvalue weighted by molar-refractivity contribution is -0.302. The van der Waals surface area contributed by atoms with Gasteiger partial charge in [0.2, 0.25) is 5.91 Å². The van der Waals surface area contributed by atoms with Crippen molar-refractivity contribution >= 4 is 5.91 Å². The van der Waals surface area contributed by atoms with Crippen LogP contribution >= 0.6 is 0 Å². The fraction of sp³-hybridized carbons (Fsp3) is 0.884. The van der Waals surface area contributed by atoms with Crippen LogP contribution < -0.4 is 5.32 Å². The number of amides is 1.